The van der Waals surface area contributed by atoms with Gasteiger partial charge in [-0.2, -0.15) is 0 Å². The van der Waals surface area contributed by atoms with Crippen molar-refractivity contribution in [2.45, 2.75) is 6.92 Å². The molecule has 0 aliphatic carbocycles. The topological polar surface area (TPSA) is 83.6 Å². The predicted molar refractivity (Wildman–Crippen MR) is 42.6 cm³/mol. The summed E-state index contributed by atoms with van der Waals surface area (Å²) >= 11 is 7.07. The first-order valence-corrected chi connectivity index (χ1v) is 5.64. The standard InChI is InChI=1S/C2H5NO.H3O2PS2/c1-2(3)4;1-3(2,4)5/h1H3,(H2,3,4);(H3,1,2,4,5). The van der Waals surface area contributed by atoms with E-state index in [2.05, 4.69) is 29.8 Å². The van der Waals surface area contributed by atoms with E-state index < -0.39 is 5.69 Å². The van der Waals surface area contributed by atoms with Crippen molar-refractivity contribution in [1.82, 2.24) is 0 Å². The fraction of sp³-hybridized carbons (Fsp3) is 0.500. The maximum absolute atomic E-state index is 9.22. The molecule has 0 spiro atoms. The number of hydrogen-bond donors (Lipinski definition) is 4. The second kappa shape index (κ2) is 5.20. The van der Waals surface area contributed by atoms with Crippen LogP contribution in [0, 0.1) is 0 Å². The van der Waals surface area contributed by atoms with Gasteiger partial charge in [-0.05, 0) is 11.8 Å². The van der Waals surface area contributed by atoms with Crippen LogP contribution in [0.25, 0.3) is 0 Å². The third kappa shape index (κ3) is 2250. The molecule has 56 valence electrons. The van der Waals surface area contributed by atoms with Gasteiger partial charge in [-0.3, -0.25) is 4.79 Å². The largest absolute Gasteiger partial charge is 0.370 e. The van der Waals surface area contributed by atoms with Crippen molar-refractivity contribution in [3.63, 3.8) is 0 Å². The molecule has 0 heterocycles. The van der Waals surface area contributed by atoms with Crippen LogP contribution in [0.15, 0.2) is 0 Å². The predicted octanol–water partition coefficient (Wildman–Crippen LogP) is -0.383. The van der Waals surface area contributed by atoms with E-state index in [-0.39, 0.29) is 5.91 Å². The Bertz CT molecular complexity index is 120. The van der Waals surface area contributed by atoms with E-state index in [1.807, 2.05) is 0 Å². The number of rotatable bonds is 0. The molecular weight excluding hydrogens is 181 g/mol. The van der Waals surface area contributed by atoms with Crippen molar-refractivity contribution in [2.75, 3.05) is 0 Å². The van der Waals surface area contributed by atoms with Gasteiger partial charge >= 0.3 is 0 Å². The fourth-order valence-electron chi connectivity index (χ4n) is 0. The lowest BCUT2D eigenvalue weighted by molar-refractivity contribution is -0.115. The Balaban J connectivity index is 0. The van der Waals surface area contributed by atoms with Gasteiger partial charge in [-0.15, -0.1) is 0 Å². The minimum atomic E-state index is -3.11. The molecule has 7 heteroatoms. The van der Waals surface area contributed by atoms with Crippen LogP contribution >= 0.6 is 17.9 Å². The zero-order chi connectivity index (χ0) is 8.08. The Morgan fingerprint density at radius 1 is 1.78 bits per heavy atom. The molecule has 4 nitrogen and oxygen atoms in total. The monoisotopic (exact) mass is 189 g/mol. The normalized spacial score (nSPS) is 9.33. The third-order valence-electron chi connectivity index (χ3n) is 0. The SMILES string of the molecule is CC(N)=O.OP(O)(=S)S. The van der Waals surface area contributed by atoms with Gasteiger partial charge in [0.25, 0.3) is 0 Å². The van der Waals surface area contributed by atoms with E-state index in [9.17, 15) is 4.79 Å². The highest BCUT2D eigenvalue weighted by atomic mass is 32.9. The molecule has 1 amide bonds. The molecule has 0 fully saturated rings. The number of carbonyl (C=O) groups excluding carboxylic acids is 1. The minimum absolute atomic E-state index is 0.333. The second-order valence-corrected chi connectivity index (χ2v) is 6.16. The van der Waals surface area contributed by atoms with Crippen LogP contribution in [-0.2, 0) is 16.6 Å². The minimum Gasteiger partial charge on any atom is -0.370 e. The molecule has 0 saturated carbocycles. The summed E-state index contributed by atoms with van der Waals surface area (Å²) in [7, 11) is 0. The highest BCUT2D eigenvalue weighted by Gasteiger charge is 1.90. The van der Waals surface area contributed by atoms with Gasteiger partial charge in [-0.1, -0.05) is 12.2 Å². The van der Waals surface area contributed by atoms with Crippen molar-refractivity contribution in [1.29, 1.82) is 0 Å². The van der Waals surface area contributed by atoms with Crippen LogP contribution in [0.1, 0.15) is 6.92 Å². The molecule has 0 bridgehead atoms. The lowest BCUT2D eigenvalue weighted by atomic mass is 10.8. The number of primary amides is 1. The number of carbonyl (C=O) groups is 1. The van der Waals surface area contributed by atoms with E-state index >= 15 is 0 Å². The fourth-order valence-corrected chi connectivity index (χ4v) is 0. The Kier molecular flexibility index (Phi) is 6.99. The summed E-state index contributed by atoms with van der Waals surface area (Å²) in [6, 6.07) is 0. The van der Waals surface area contributed by atoms with E-state index in [1.54, 1.807) is 0 Å². The average molecular weight is 189 g/mol. The van der Waals surface area contributed by atoms with E-state index in [1.165, 1.54) is 6.92 Å². The summed E-state index contributed by atoms with van der Waals surface area (Å²) in [5.41, 5.74) is 1.36. The molecule has 0 aliphatic heterocycles. The maximum Gasteiger partial charge on any atom is 0.239 e. The summed E-state index contributed by atoms with van der Waals surface area (Å²) < 4.78 is 0. The number of nitrogens with two attached hydrogens (primary N) is 1. The molecule has 0 saturated heterocycles. The van der Waals surface area contributed by atoms with Gasteiger partial charge in [0, 0.05) is 6.92 Å². The highest BCUT2D eigenvalue weighted by Crippen LogP contribution is 2.39. The lowest BCUT2D eigenvalue weighted by Crippen LogP contribution is -2.01. The summed E-state index contributed by atoms with van der Waals surface area (Å²) in [6.07, 6.45) is 0. The molecule has 9 heavy (non-hydrogen) atoms. The third-order valence-corrected chi connectivity index (χ3v) is 0. The Morgan fingerprint density at radius 3 is 1.78 bits per heavy atom. The van der Waals surface area contributed by atoms with Gasteiger partial charge in [0.1, 0.15) is 0 Å². The second-order valence-electron chi connectivity index (χ2n) is 1.12. The van der Waals surface area contributed by atoms with Crippen LogP contribution in [0.4, 0.5) is 0 Å². The zero-order valence-electron chi connectivity index (χ0n) is 4.68. The van der Waals surface area contributed by atoms with Crippen LogP contribution in [0.2, 0.25) is 0 Å². The molecule has 0 rings (SSSR count). The molecule has 0 atom stereocenters. The molecule has 0 radical (unpaired) electrons. The first-order valence-electron chi connectivity index (χ1n) is 1.78. The molecule has 0 aromatic carbocycles. The molecule has 0 aromatic rings. The molecule has 0 unspecified atom stereocenters. The Labute approximate surface area is 63.4 Å². The van der Waals surface area contributed by atoms with E-state index in [0.717, 1.165) is 0 Å². The van der Waals surface area contributed by atoms with E-state index in [0.29, 0.717) is 0 Å². The number of thiol groups is 1. The van der Waals surface area contributed by atoms with Gasteiger partial charge < -0.3 is 15.5 Å². The average Bonchev–Trinajstić information content (AvgIpc) is 1.19. The summed E-state index contributed by atoms with van der Waals surface area (Å²) in [5.74, 6) is -0.333. The molecular formula is C2H8NO3PS2. The smallest absolute Gasteiger partial charge is 0.239 e. The number of hydrogen-bond acceptors (Lipinski definition) is 2. The van der Waals surface area contributed by atoms with Gasteiger partial charge in [0.15, 0.2) is 0 Å². The Morgan fingerprint density at radius 2 is 1.78 bits per heavy atom. The molecule has 0 aliphatic rings. The van der Waals surface area contributed by atoms with Gasteiger partial charge in [0.05, 0.1) is 0 Å². The first-order chi connectivity index (χ1) is 3.73. The van der Waals surface area contributed by atoms with Crippen LogP contribution in [-0.4, -0.2) is 15.7 Å². The van der Waals surface area contributed by atoms with Crippen molar-refractivity contribution in [2.24, 2.45) is 5.73 Å². The summed E-state index contributed by atoms with van der Waals surface area (Å²) in [6.45, 7) is 1.31. The van der Waals surface area contributed by atoms with Crippen molar-refractivity contribution in [3.05, 3.63) is 0 Å². The quantitative estimate of drug-likeness (QED) is 0.309. The van der Waals surface area contributed by atoms with Crippen LogP contribution in [0.5, 0.6) is 0 Å². The van der Waals surface area contributed by atoms with Crippen LogP contribution < -0.4 is 5.73 Å². The lowest BCUT2D eigenvalue weighted by Gasteiger charge is -1.88. The van der Waals surface area contributed by atoms with Crippen LogP contribution in [0.3, 0.4) is 0 Å². The van der Waals surface area contributed by atoms with E-state index in [4.69, 9.17) is 9.79 Å². The van der Waals surface area contributed by atoms with Crippen molar-refractivity contribution >= 4 is 35.7 Å². The molecule has 4 N–H and O–H groups in total. The number of amides is 1. The highest BCUT2D eigenvalue weighted by molar-refractivity contribution is 8.59. The van der Waals surface area contributed by atoms with Gasteiger partial charge in [-0.25, -0.2) is 0 Å². The first kappa shape index (κ1) is 12.1. The summed E-state index contributed by atoms with van der Waals surface area (Å²) in [4.78, 5) is 25.0. The Hall–Kier alpha value is 0.390. The summed E-state index contributed by atoms with van der Waals surface area (Å²) in [5, 5.41) is 0. The van der Waals surface area contributed by atoms with Crippen molar-refractivity contribution < 1.29 is 14.6 Å². The zero-order valence-corrected chi connectivity index (χ0v) is 7.29. The maximum atomic E-state index is 9.22. The molecule has 0 aromatic heterocycles. The van der Waals surface area contributed by atoms with Crippen molar-refractivity contribution in [3.8, 4) is 0 Å². The van der Waals surface area contributed by atoms with Gasteiger partial charge in [0.2, 0.25) is 11.6 Å².